The van der Waals surface area contributed by atoms with Crippen LogP contribution in [-0.2, 0) is 9.84 Å². The minimum Gasteiger partial charge on any atom is -0.317 e. The van der Waals surface area contributed by atoms with E-state index >= 15 is 0 Å². The van der Waals surface area contributed by atoms with E-state index in [1.165, 1.54) is 0 Å². The summed E-state index contributed by atoms with van der Waals surface area (Å²) < 4.78 is 23.3. The minimum atomic E-state index is -2.79. The van der Waals surface area contributed by atoms with E-state index in [0.717, 1.165) is 25.7 Å². The Hall–Kier alpha value is -0.0900. The van der Waals surface area contributed by atoms with E-state index in [-0.39, 0.29) is 5.25 Å². The van der Waals surface area contributed by atoms with Gasteiger partial charge in [-0.1, -0.05) is 6.92 Å². The molecule has 13 heavy (non-hydrogen) atoms. The van der Waals surface area contributed by atoms with Crippen molar-refractivity contribution in [3.63, 3.8) is 0 Å². The summed E-state index contributed by atoms with van der Waals surface area (Å²) in [4.78, 5) is 0. The molecular formula is C9H19NO2S. The Morgan fingerprint density at radius 2 is 2.08 bits per heavy atom. The van der Waals surface area contributed by atoms with Gasteiger partial charge in [0, 0.05) is 6.04 Å². The van der Waals surface area contributed by atoms with Crippen molar-refractivity contribution in [2.75, 3.05) is 12.8 Å². The zero-order valence-corrected chi connectivity index (χ0v) is 9.23. The molecule has 2 unspecified atom stereocenters. The van der Waals surface area contributed by atoms with Crippen LogP contribution in [0, 0.1) is 0 Å². The molecule has 0 spiro atoms. The zero-order chi connectivity index (χ0) is 9.90. The molecule has 3 nitrogen and oxygen atoms in total. The fourth-order valence-corrected chi connectivity index (χ4v) is 3.90. The van der Waals surface area contributed by atoms with Gasteiger partial charge in [0.15, 0.2) is 9.84 Å². The number of hydrogen-bond acceptors (Lipinski definition) is 3. The quantitative estimate of drug-likeness (QED) is 0.743. The number of rotatable bonds is 4. The molecule has 0 aromatic rings. The van der Waals surface area contributed by atoms with Crippen molar-refractivity contribution >= 4 is 9.84 Å². The van der Waals surface area contributed by atoms with E-state index in [2.05, 4.69) is 5.32 Å². The summed E-state index contributed by atoms with van der Waals surface area (Å²) >= 11 is 0. The van der Waals surface area contributed by atoms with Crippen LogP contribution in [0.4, 0.5) is 0 Å². The molecule has 4 heteroatoms. The Morgan fingerprint density at radius 1 is 1.38 bits per heavy atom. The lowest BCUT2D eigenvalue weighted by atomic mass is 10.3. The fourth-order valence-electron chi connectivity index (χ4n) is 1.98. The van der Waals surface area contributed by atoms with Crippen molar-refractivity contribution in [2.45, 2.75) is 43.9 Å². The lowest BCUT2D eigenvalue weighted by molar-refractivity contribution is 0.563. The van der Waals surface area contributed by atoms with Crippen molar-refractivity contribution < 1.29 is 8.42 Å². The molecule has 78 valence electrons. The van der Waals surface area contributed by atoms with E-state index in [1.807, 2.05) is 14.0 Å². The highest BCUT2D eigenvalue weighted by Gasteiger charge is 2.32. The Kier molecular flexibility index (Phi) is 3.74. The summed E-state index contributed by atoms with van der Waals surface area (Å²) in [5.74, 6) is 0.355. The van der Waals surface area contributed by atoms with Gasteiger partial charge in [-0.2, -0.15) is 0 Å². The summed E-state index contributed by atoms with van der Waals surface area (Å²) in [6.45, 7) is 1.92. The van der Waals surface area contributed by atoms with Crippen LogP contribution < -0.4 is 5.32 Å². The van der Waals surface area contributed by atoms with E-state index in [4.69, 9.17) is 0 Å². The van der Waals surface area contributed by atoms with Crippen molar-refractivity contribution in [1.29, 1.82) is 0 Å². The first-order valence-corrected chi connectivity index (χ1v) is 6.70. The van der Waals surface area contributed by atoms with Crippen molar-refractivity contribution in [1.82, 2.24) is 5.32 Å². The van der Waals surface area contributed by atoms with E-state index < -0.39 is 9.84 Å². The lowest BCUT2D eigenvalue weighted by Crippen LogP contribution is -2.26. The predicted molar refractivity (Wildman–Crippen MR) is 54.6 cm³/mol. The Balaban J connectivity index is 2.55. The molecule has 0 bridgehead atoms. The Bertz CT molecular complexity index is 248. The molecule has 1 aliphatic rings. The van der Waals surface area contributed by atoms with Gasteiger partial charge in [0.05, 0.1) is 11.0 Å². The second kappa shape index (κ2) is 4.42. The molecular weight excluding hydrogens is 186 g/mol. The standard InChI is InChI=1S/C9H19NO2S/c1-3-6-13(11,12)9-5-4-8(7-9)10-2/h8-10H,3-7H2,1-2H3. The van der Waals surface area contributed by atoms with Crippen LogP contribution in [-0.4, -0.2) is 32.5 Å². The van der Waals surface area contributed by atoms with Gasteiger partial charge in [-0.25, -0.2) is 8.42 Å². The van der Waals surface area contributed by atoms with E-state index in [0.29, 0.717) is 11.8 Å². The van der Waals surface area contributed by atoms with Gasteiger partial charge in [-0.15, -0.1) is 0 Å². The monoisotopic (exact) mass is 205 g/mol. The highest BCUT2D eigenvalue weighted by molar-refractivity contribution is 7.92. The molecule has 0 saturated heterocycles. The van der Waals surface area contributed by atoms with E-state index in [1.54, 1.807) is 0 Å². The first-order chi connectivity index (χ1) is 6.10. The smallest absolute Gasteiger partial charge is 0.153 e. The average Bonchev–Trinajstić information content (AvgIpc) is 2.52. The highest BCUT2D eigenvalue weighted by Crippen LogP contribution is 2.25. The molecule has 0 aliphatic heterocycles. The highest BCUT2D eigenvalue weighted by atomic mass is 32.2. The zero-order valence-electron chi connectivity index (χ0n) is 8.41. The van der Waals surface area contributed by atoms with Crippen LogP contribution in [0.3, 0.4) is 0 Å². The van der Waals surface area contributed by atoms with Gasteiger partial charge in [0.2, 0.25) is 0 Å². The van der Waals surface area contributed by atoms with Crippen molar-refractivity contribution in [2.24, 2.45) is 0 Å². The molecule has 0 aromatic carbocycles. The van der Waals surface area contributed by atoms with Gasteiger partial charge >= 0.3 is 0 Å². The molecule has 0 heterocycles. The van der Waals surface area contributed by atoms with Crippen LogP contribution in [0.15, 0.2) is 0 Å². The van der Waals surface area contributed by atoms with Crippen LogP contribution in [0.25, 0.3) is 0 Å². The summed E-state index contributed by atoms with van der Waals surface area (Å²) in [6.07, 6.45) is 3.39. The SMILES string of the molecule is CCCS(=O)(=O)C1CCC(NC)C1. The third-order valence-corrected chi connectivity index (χ3v) is 5.21. The van der Waals surface area contributed by atoms with Gasteiger partial charge in [0.25, 0.3) is 0 Å². The Morgan fingerprint density at radius 3 is 2.54 bits per heavy atom. The lowest BCUT2D eigenvalue weighted by Gasteiger charge is -2.11. The second-order valence-electron chi connectivity index (χ2n) is 3.79. The normalized spacial score (nSPS) is 29.4. The summed E-state index contributed by atoms with van der Waals surface area (Å²) in [5, 5.41) is 3.06. The summed E-state index contributed by atoms with van der Waals surface area (Å²) in [5.41, 5.74) is 0. The topological polar surface area (TPSA) is 46.2 Å². The minimum absolute atomic E-state index is 0.0788. The first-order valence-electron chi connectivity index (χ1n) is 4.99. The maximum Gasteiger partial charge on any atom is 0.153 e. The van der Waals surface area contributed by atoms with Gasteiger partial charge in [0.1, 0.15) is 0 Å². The fraction of sp³-hybridized carbons (Fsp3) is 1.00. The Labute approximate surface area is 80.8 Å². The van der Waals surface area contributed by atoms with Crippen LogP contribution in [0.5, 0.6) is 0 Å². The molecule has 0 amide bonds. The molecule has 1 aliphatic carbocycles. The molecule has 0 aromatic heterocycles. The first kappa shape index (κ1) is 11.0. The average molecular weight is 205 g/mol. The molecule has 2 atom stereocenters. The molecule has 1 N–H and O–H groups in total. The molecule has 1 fully saturated rings. The number of sulfone groups is 1. The van der Waals surface area contributed by atoms with Crippen LogP contribution in [0.2, 0.25) is 0 Å². The van der Waals surface area contributed by atoms with Crippen molar-refractivity contribution in [3.8, 4) is 0 Å². The molecule has 0 radical (unpaired) electrons. The van der Waals surface area contributed by atoms with Gasteiger partial charge < -0.3 is 5.32 Å². The molecule has 1 rings (SSSR count). The van der Waals surface area contributed by atoms with E-state index in [9.17, 15) is 8.42 Å². The number of nitrogens with one attached hydrogen (secondary N) is 1. The predicted octanol–water partition coefficient (Wildman–Crippen LogP) is 0.952. The second-order valence-corrected chi connectivity index (χ2v) is 6.19. The molecule has 1 saturated carbocycles. The maximum atomic E-state index is 11.7. The van der Waals surface area contributed by atoms with Crippen LogP contribution >= 0.6 is 0 Å². The maximum absolute atomic E-state index is 11.7. The largest absolute Gasteiger partial charge is 0.317 e. The van der Waals surface area contributed by atoms with Crippen molar-refractivity contribution in [3.05, 3.63) is 0 Å². The number of hydrogen-bond donors (Lipinski definition) is 1. The van der Waals surface area contributed by atoms with Crippen LogP contribution in [0.1, 0.15) is 32.6 Å². The summed E-state index contributed by atoms with van der Waals surface area (Å²) in [7, 11) is -0.891. The third-order valence-electron chi connectivity index (χ3n) is 2.79. The van der Waals surface area contributed by atoms with Gasteiger partial charge in [-0.3, -0.25) is 0 Å². The van der Waals surface area contributed by atoms with Gasteiger partial charge in [-0.05, 0) is 32.7 Å². The third kappa shape index (κ3) is 2.68. The summed E-state index contributed by atoms with van der Waals surface area (Å²) in [6, 6.07) is 0.414.